The van der Waals surface area contributed by atoms with E-state index in [4.69, 9.17) is 4.74 Å². The van der Waals surface area contributed by atoms with Crippen molar-refractivity contribution in [3.63, 3.8) is 0 Å². The van der Waals surface area contributed by atoms with Gasteiger partial charge in [-0.3, -0.25) is 4.79 Å². The lowest BCUT2D eigenvalue weighted by molar-refractivity contribution is -0.119. The zero-order valence-electron chi connectivity index (χ0n) is 16.6. The van der Waals surface area contributed by atoms with Gasteiger partial charge in [0.25, 0.3) is 5.91 Å². The summed E-state index contributed by atoms with van der Waals surface area (Å²) in [6.45, 7) is 2.04. The quantitative estimate of drug-likeness (QED) is 0.183. The number of carbonyl (C=O) groups excluding carboxylic acids is 2. The first-order valence-electron chi connectivity index (χ1n) is 9.31. The van der Waals surface area contributed by atoms with Crippen molar-refractivity contribution in [2.45, 2.75) is 6.92 Å². The third-order valence-corrected chi connectivity index (χ3v) is 5.25. The lowest BCUT2D eigenvalue weighted by Gasteiger charge is -2.09. The number of nitrogens with zero attached hydrogens (tertiary/aromatic N) is 1. The predicted octanol–water partition coefficient (Wildman–Crippen LogP) is 5.30. The van der Waals surface area contributed by atoms with Gasteiger partial charge in [-0.1, -0.05) is 50.1 Å². The van der Waals surface area contributed by atoms with E-state index in [1.165, 1.54) is 6.21 Å². The molecule has 0 saturated heterocycles. The summed E-state index contributed by atoms with van der Waals surface area (Å²) in [5.41, 5.74) is 5.35. The van der Waals surface area contributed by atoms with Gasteiger partial charge in [0.05, 0.1) is 18.3 Å². The van der Waals surface area contributed by atoms with Crippen LogP contribution in [0.1, 0.15) is 21.5 Å². The number of aryl methyl sites for hydroxylation is 1. The molecule has 3 rings (SSSR count). The van der Waals surface area contributed by atoms with Crippen LogP contribution in [0.3, 0.4) is 0 Å². The standard InChI is InChI=1S/C23H19Br2N3O3/c1-15-4-2-3-5-20(15)26-14-22(29)28-27-13-17-12-19(25)10-11-21(17)31-23(30)16-6-8-18(24)9-7-16/h2-13,26H,14H2,1H3,(H,28,29)/b27-13-. The fourth-order valence-electron chi connectivity index (χ4n) is 2.62. The molecule has 0 spiro atoms. The maximum atomic E-state index is 12.4. The third kappa shape index (κ3) is 6.77. The van der Waals surface area contributed by atoms with E-state index >= 15 is 0 Å². The molecule has 8 heteroatoms. The normalized spacial score (nSPS) is 10.7. The lowest BCUT2D eigenvalue weighted by Crippen LogP contribution is -2.26. The number of hydrazone groups is 1. The van der Waals surface area contributed by atoms with Gasteiger partial charge in [0, 0.05) is 20.2 Å². The number of hydrogen-bond acceptors (Lipinski definition) is 5. The Kier molecular flexibility index (Phi) is 7.97. The van der Waals surface area contributed by atoms with Crippen LogP contribution in [0.25, 0.3) is 0 Å². The molecule has 0 heterocycles. The Morgan fingerprint density at radius 2 is 1.71 bits per heavy atom. The summed E-state index contributed by atoms with van der Waals surface area (Å²) in [5, 5.41) is 7.05. The summed E-state index contributed by atoms with van der Waals surface area (Å²) in [6, 6.07) is 19.7. The van der Waals surface area contributed by atoms with Gasteiger partial charge in [-0.25, -0.2) is 10.2 Å². The van der Waals surface area contributed by atoms with Crippen LogP contribution in [-0.4, -0.2) is 24.6 Å². The Hall–Kier alpha value is -2.97. The number of anilines is 1. The minimum Gasteiger partial charge on any atom is -0.422 e. The molecule has 0 radical (unpaired) electrons. The molecular formula is C23H19Br2N3O3. The molecule has 0 aliphatic rings. The largest absolute Gasteiger partial charge is 0.422 e. The number of benzene rings is 3. The van der Waals surface area contributed by atoms with Gasteiger partial charge in [0.1, 0.15) is 5.75 Å². The van der Waals surface area contributed by atoms with E-state index in [9.17, 15) is 9.59 Å². The van der Waals surface area contributed by atoms with Gasteiger partial charge in [-0.05, 0) is 61.0 Å². The lowest BCUT2D eigenvalue weighted by atomic mass is 10.2. The van der Waals surface area contributed by atoms with Crippen LogP contribution in [0, 0.1) is 6.92 Å². The van der Waals surface area contributed by atoms with E-state index < -0.39 is 5.97 Å². The summed E-state index contributed by atoms with van der Waals surface area (Å²) in [5.74, 6) is -0.467. The van der Waals surface area contributed by atoms with Crippen molar-refractivity contribution < 1.29 is 14.3 Å². The van der Waals surface area contributed by atoms with Crippen molar-refractivity contribution in [1.29, 1.82) is 0 Å². The van der Waals surface area contributed by atoms with Crippen LogP contribution < -0.4 is 15.5 Å². The van der Waals surface area contributed by atoms with Crippen molar-refractivity contribution in [2.24, 2.45) is 5.10 Å². The van der Waals surface area contributed by atoms with Gasteiger partial charge >= 0.3 is 5.97 Å². The predicted molar refractivity (Wildman–Crippen MR) is 129 cm³/mol. The minimum absolute atomic E-state index is 0.0755. The summed E-state index contributed by atoms with van der Waals surface area (Å²) in [6.07, 6.45) is 1.43. The van der Waals surface area contributed by atoms with E-state index in [0.717, 1.165) is 20.2 Å². The Labute approximate surface area is 197 Å². The molecule has 3 aromatic carbocycles. The minimum atomic E-state index is -0.490. The average molecular weight is 545 g/mol. The molecule has 0 atom stereocenters. The Balaban J connectivity index is 1.62. The number of hydrogen-bond donors (Lipinski definition) is 2. The summed E-state index contributed by atoms with van der Waals surface area (Å²) in [4.78, 5) is 24.5. The number of rotatable bonds is 7. The van der Waals surface area contributed by atoms with E-state index in [0.29, 0.717) is 16.9 Å². The van der Waals surface area contributed by atoms with E-state index in [1.54, 1.807) is 42.5 Å². The summed E-state index contributed by atoms with van der Waals surface area (Å²) < 4.78 is 7.16. The first-order chi connectivity index (χ1) is 14.9. The Bertz CT molecular complexity index is 1120. The highest BCUT2D eigenvalue weighted by molar-refractivity contribution is 9.10. The summed E-state index contributed by atoms with van der Waals surface area (Å²) in [7, 11) is 0. The van der Waals surface area contributed by atoms with E-state index in [1.807, 2.05) is 31.2 Å². The molecular weight excluding hydrogens is 526 g/mol. The second kappa shape index (κ2) is 10.9. The molecule has 6 nitrogen and oxygen atoms in total. The first kappa shape index (κ1) is 22.7. The SMILES string of the molecule is Cc1ccccc1NCC(=O)N/N=C\c1cc(Br)ccc1OC(=O)c1ccc(Br)cc1. The van der Waals surface area contributed by atoms with Crippen molar-refractivity contribution in [2.75, 3.05) is 11.9 Å². The number of ether oxygens (including phenoxy) is 1. The molecule has 31 heavy (non-hydrogen) atoms. The fourth-order valence-corrected chi connectivity index (χ4v) is 3.26. The van der Waals surface area contributed by atoms with Gasteiger partial charge in [0.15, 0.2) is 0 Å². The fraction of sp³-hybridized carbons (Fsp3) is 0.0870. The van der Waals surface area contributed by atoms with Crippen molar-refractivity contribution in [3.8, 4) is 5.75 Å². The average Bonchev–Trinajstić information content (AvgIpc) is 2.75. The smallest absolute Gasteiger partial charge is 0.343 e. The molecule has 0 fully saturated rings. The second-order valence-corrected chi connectivity index (χ2v) is 8.37. The van der Waals surface area contributed by atoms with Gasteiger partial charge in [-0.15, -0.1) is 0 Å². The Morgan fingerprint density at radius 1 is 1.00 bits per heavy atom. The van der Waals surface area contributed by atoms with Crippen LogP contribution in [0.2, 0.25) is 0 Å². The van der Waals surface area contributed by atoms with Crippen molar-refractivity contribution >= 4 is 55.6 Å². The van der Waals surface area contributed by atoms with Crippen molar-refractivity contribution in [1.82, 2.24) is 5.43 Å². The highest BCUT2D eigenvalue weighted by atomic mass is 79.9. The molecule has 0 aromatic heterocycles. The van der Waals surface area contributed by atoms with Gasteiger partial charge < -0.3 is 10.1 Å². The number of amides is 1. The molecule has 0 aliphatic carbocycles. The molecule has 1 amide bonds. The van der Waals surface area contributed by atoms with Crippen LogP contribution in [-0.2, 0) is 4.79 Å². The van der Waals surface area contributed by atoms with Gasteiger partial charge in [0.2, 0.25) is 0 Å². The van der Waals surface area contributed by atoms with E-state index in [-0.39, 0.29) is 12.5 Å². The highest BCUT2D eigenvalue weighted by Crippen LogP contribution is 2.23. The zero-order valence-corrected chi connectivity index (χ0v) is 19.7. The second-order valence-electron chi connectivity index (χ2n) is 6.54. The van der Waals surface area contributed by atoms with Crippen LogP contribution in [0.4, 0.5) is 5.69 Å². The molecule has 3 aromatic rings. The monoisotopic (exact) mass is 543 g/mol. The summed E-state index contributed by atoms with van der Waals surface area (Å²) >= 11 is 6.72. The van der Waals surface area contributed by atoms with Crippen LogP contribution in [0.5, 0.6) is 5.75 Å². The van der Waals surface area contributed by atoms with Crippen LogP contribution >= 0.6 is 31.9 Å². The third-order valence-electron chi connectivity index (χ3n) is 4.23. The number of carbonyl (C=O) groups is 2. The maximum Gasteiger partial charge on any atom is 0.343 e. The molecule has 0 bridgehead atoms. The molecule has 2 N–H and O–H groups in total. The van der Waals surface area contributed by atoms with Crippen LogP contribution in [0.15, 0.2) is 80.8 Å². The first-order valence-corrected chi connectivity index (χ1v) is 10.9. The van der Waals surface area contributed by atoms with Crippen molar-refractivity contribution in [3.05, 3.63) is 92.4 Å². The topological polar surface area (TPSA) is 79.8 Å². The number of halogens is 2. The molecule has 0 saturated carbocycles. The zero-order chi connectivity index (χ0) is 22.2. The molecule has 158 valence electrons. The molecule has 0 unspecified atom stereocenters. The van der Waals surface area contributed by atoms with Gasteiger partial charge in [-0.2, -0.15) is 5.10 Å². The number of esters is 1. The number of nitrogens with one attached hydrogen (secondary N) is 2. The molecule has 0 aliphatic heterocycles. The van der Waals surface area contributed by atoms with E-state index in [2.05, 4.69) is 47.7 Å². The highest BCUT2D eigenvalue weighted by Gasteiger charge is 2.12. The maximum absolute atomic E-state index is 12.4. The number of para-hydroxylation sites is 1. The Morgan fingerprint density at radius 3 is 2.45 bits per heavy atom.